The van der Waals surface area contributed by atoms with Crippen LogP contribution in [0.3, 0.4) is 0 Å². The number of amides is 3. The monoisotopic (exact) mass is 303 g/mol. The normalized spacial score (nSPS) is 22.1. The smallest absolute Gasteiger partial charge is 0.325 e. The zero-order valence-corrected chi connectivity index (χ0v) is 13.8. The lowest BCUT2D eigenvalue weighted by Gasteiger charge is -2.24. The minimum Gasteiger partial charge on any atom is -0.330 e. The summed E-state index contributed by atoms with van der Waals surface area (Å²) in [5.41, 5.74) is 6.51. The first-order chi connectivity index (χ1) is 10.2. The van der Waals surface area contributed by atoms with Crippen LogP contribution < -0.4 is 11.1 Å². The number of hydrogen-bond donors (Lipinski definition) is 2. The van der Waals surface area contributed by atoms with Crippen molar-refractivity contribution in [3.8, 4) is 0 Å². The van der Waals surface area contributed by atoms with Crippen molar-refractivity contribution in [2.45, 2.75) is 45.1 Å². The average Bonchev–Trinajstić information content (AvgIpc) is 2.67. The number of rotatable bonds is 4. The molecule has 1 heterocycles. The summed E-state index contributed by atoms with van der Waals surface area (Å²) in [6, 6.07) is 7.53. The second-order valence-corrected chi connectivity index (χ2v) is 6.98. The van der Waals surface area contributed by atoms with E-state index in [9.17, 15) is 9.59 Å². The number of hydrogen-bond acceptors (Lipinski definition) is 3. The van der Waals surface area contributed by atoms with Gasteiger partial charge >= 0.3 is 6.03 Å². The first-order valence-corrected chi connectivity index (χ1v) is 7.65. The zero-order valence-electron chi connectivity index (χ0n) is 13.8. The Morgan fingerprint density at radius 1 is 1.18 bits per heavy atom. The van der Waals surface area contributed by atoms with E-state index in [4.69, 9.17) is 5.73 Å². The predicted molar refractivity (Wildman–Crippen MR) is 86.4 cm³/mol. The molecule has 1 aliphatic rings. The SMILES string of the molecule is CC(C)(C)c1ccc(C2(C)NC(=O)N(CCCN)C2=O)cc1. The minimum absolute atomic E-state index is 0.0511. The molecule has 5 heteroatoms. The van der Waals surface area contributed by atoms with Crippen molar-refractivity contribution in [1.29, 1.82) is 0 Å². The zero-order chi connectivity index (χ0) is 16.5. The molecule has 0 aromatic heterocycles. The van der Waals surface area contributed by atoms with Gasteiger partial charge in [0.15, 0.2) is 0 Å². The Balaban J connectivity index is 2.28. The van der Waals surface area contributed by atoms with Crippen molar-refractivity contribution < 1.29 is 9.59 Å². The molecule has 0 spiro atoms. The number of benzene rings is 1. The van der Waals surface area contributed by atoms with Crippen LogP contribution in [0.2, 0.25) is 0 Å². The van der Waals surface area contributed by atoms with E-state index in [-0.39, 0.29) is 17.4 Å². The van der Waals surface area contributed by atoms with Crippen LogP contribution in [0.4, 0.5) is 4.79 Å². The van der Waals surface area contributed by atoms with Gasteiger partial charge in [0.25, 0.3) is 5.91 Å². The highest BCUT2D eigenvalue weighted by Crippen LogP contribution is 2.31. The Labute approximate surface area is 131 Å². The summed E-state index contributed by atoms with van der Waals surface area (Å²) in [7, 11) is 0. The Bertz CT molecular complexity index is 575. The molecule has 120 valence electrons. The summed E-state index contributed by atoms with van der Waals surface area (Å²) in [6.07, 6.45) is 0.609. The molecule has 0 bridgehead atoms. The highest BCUT2D eigenvalue weighted by Gasteiger charge is 2.48. The van der Waals surface area contributed by atoms with Gasteiger partial charge < -0.3 is 11.1 Å². The Kier molecular flexibility index (Phi) is 4.29. The second kappa shape index (κ2) is 5.72. The van der Waals surface area contributed by atoms with Crippen molar-refractivity contribution in [3.05, 3.63) is 35.4 Å². The van der Waals surface area contributed by atoms with Gasteiger partial charge in [-0.15, -0.1) is 0 Å². The van der Waals surface area contributed by atoms with E-state index < -0.39 is 5.54 Å². The third-order valence-electron chi connectivity index (χ3n) is 4.19. The van der Waals surface area contributed by atoms with Crippen LogP contribution in [0, 0.1) is 0 Å². The van der Waals surface area contributed by atoms with Crippen molar-refractivity contribution >= 4 is 11.9 Å². The first-order valence-electron chi connectivity index (χ1n) is 7.65. The van der Waals surface area contributed by atoms with Crippen molar-refractivity contribution in [1.82, 2.24) is 10.2 Å². The molecule has 0 saturated carbocycles. The summed E-state index contributed by atoms with van der Waals surface area (Å²) in [5, 5.41) is 2.81. The molecule has 1 atom stereocenters. The molecule has 1 aliphatic heterocycles. The summed E-state index contributed by atoms with van der Waals surface area (Å²) < 4.78 is 0. The van der Waals surface area contributed by atoms with Gasteiger partial charge in [0.05, 0.1) is 0 Å². The van der Waals surface area contributed by atoms with Crippen LogP contribution in [0.25, 0.3) is 0 Å². The molecular weight excluding hydrogens is 278 g/mol. The molecular formula is C17H25N3O2. The van der Waals surface area contributed by atoms with Crippen LogP contribution in [0.5, 0.6) is 0 Å². The molecule has 5 nitrogen and oxygen atoms in total. The lowest BCUT2D eigenvalue weighted by Crippen LogP contribution is -2.41. The molecule has 0 radical (unpaired) electrons. The van der Waals surface area contributed by atoms with Crippen LogP contribution in [-0.4, -0.2) is 29.9 Å². The van der Waals surface area contributed by atoms with E-state index in [0.717, 1.165) is 5.56 Å². The van der Waals surface area contributed by atoms with Gasteiger partial charge in [-0.1, -0.05) is 45.0 Å². The van der Waals surface area contributed by atoms with Gasteiger partial charge in [0.2, 0.25) is 0 Å². The van der Waals surface area contributed by atoms with Gasteiger partial charge in [-0.05, 0) is 36.4 Å². The number of carbonyl (C=O) groups excluding carboxylic acids is 2. The van der Waals surface area contributed by atoms with Crippen LogP contribution in [-0.2, 0) is 15.7 Å². The molecule has 0 aliphatic carbocycles. The maximum Gasteiger partial charge on any atom is 0.325 e. The molecule has 1 aromatic rings. The van der Waals surface area contributed by atoms with Crippen LogP contribution in [0.15, 0.2) is 24.3 Å². The molecule has 1 aromatic carbocycles. The number of carbonyl (C=O) groups is 2. The number of nitrogens with one attached hydrogen (secondary N) is 1. The number of nitrogens with two attached hydrogens (primary N) is 1. The topological polar surface area (TPSA) is 75.4 Å². The van der Waals surface area contributed by atoms with Crippen molar-refractivity contribution in [3.63, 3.8) is 0 Å². The summed E-state index contributed by atoms with van der Waals surface area (Å²) >= 11 is 0. The molecule has 3 N–H and O–H groups in total. The third kappa shape index (κ3) is 2.86. The number of urea groups is 1. The summed E-state index contributed by atoms with van der Waals surface area (Å²) in [6.45, 7) is 8.98. The van der Waals surface area contributed by atoms with Crippen molar-refractivity contribution in [2.75, 3.05) is 13.1 Å². The lowest BCUT2D eigenvalue weighted by atomic mass is 9.84. The second-order valence-electron chi connectivity index (χ2n) is 6.98. The fourth-order valence-corrected chi connectivity index (χ4v) is 2.65. The van der Waals surface area contributed by atoms with Crippen molar-refractivity contribution in [2.24, 2.45) is 5.73 Å². The Hall–Kier alpha value is -1.88. The third-order valence-corrected chi connectivity index (χ3v) is 4.19. The highest BCUT2D eigenvalue weighted by molar-refractivity contribution is 6.07. The summed E-state index contributed by atoms with van der Waals surface area (Å²) in [4.78, 5) is 25.9. The largest absolute Gasteiger partial charge is 0.330 e. The van der Waals surface area contributed by atoms with Gasteiger partial charge in [0, 0.05) is 6.54 Å². The van der Waals surface area contributed by atoms with Crippen LogP contribution >= 0.6 is 0 Å². The van der Waals surface area contributed by atoms with E-state index in [2.05, 4.69) is 26.1 Å². The van der Waals surface area contributed by atoms with E-state index in [0.29, 0.717) is 19.5 Å². The van der Waals surface area contributed by atoms with Gasteiger partial charge in [-0.3, -0.25) is 9.69 Å². The maximum absolute atomic E-state index is 12.6. The van der Waals surface area contributed by atoms with E-state index >= 15 is 0 Å². The average molecular weight is 303 g/mol. The van der Waals surface area contributed by atoms with E-state index in [1.54, 1.807) is 6.92 Å². The number of nitrogens with zero attached hydrogens (tertiary/aromatic N) is 1. The van der Waals surface area contributed by atoms with E-state index in [1.807, 2.05) is 24.3 Å². The predicted octanol–water partition coefficient (Wildman–Crippen LogP) is 2.10. The first kappa shape index (κ1) is 16.5. The number of imide groups is 1. The fourth-order valence-electron chi connectivity index (χ4n) is 2.65. The molecule has 1 saturated heterocycles. The van der Waals surface area contributed by atoms with E-state index in [1.165, 1.54) is 10.5 Å². The summed E-state index contributed by atoms with van der Waals surface area (Å²) in [5.74, 6) is -0.213. The Morgan fingerprint density at radius 3 is 2.27 bits per heavy atom. The molecule has 1 fully saturated rings. The highest BCUT2D eigenvalue weighted by atomic mass is 16.2. The quantitative estimate of drug-likeness (QED) is 0.836. The fraction of sp³-hybridized carbons (Fsp3) is 0.529. The van der Waals surface area contributed by atoms with Crippen LogP contribution in [0.1, 0.15) is 45.2 Å². The molecule has 22 heavy (non-hydrogen) atoms. The molecule has 2 rings (SSSR count). The Morgan fingerprint density at radius 2 is 1.77 bits per heavy atom. The standard InChI is InChI=1S/C17H25N3O2/c1-16(2,3)12-6-8-13(9-7-12)17(4)14(21)20(11-5-10-18)15(22)19-17/h6-9H,5,10-11,18H2,1-4H3,(H,19,22). The molecule has 3 amide bonds. The van der Waals surface area contributed by atoms with Gasteiger partial charge in [0.1, 0.15) is 5.54 Å². The lowest BCUT2D eigenvalue weighted by molar-refractivity contribution is -0.131. The maximum atomic E-state index is 12.6. The van der Waals surface area contributed by atoms with Gasteiger partial charge in [-0.2, -0.15) is 0 Å². The van der Waals surface area contributed by atoms with Gasteiger partial charge in [-0.25, -0.2) is 4.79 Å². The minimum atomic E-state index is -0.998. The molecule has 1 unspecified atom stereocenters.